The Hall–Kier alpha value is -9.45. The average molecular weight is 1010 g/mol. The van der Waals surface area contributed by atoms with Crippen LogP contribution in [-0.4, -0.2) is 18.0 Å². The van der Waals surface area contributed by atoms with Gasteiger partial charge in [-0.15, -0.1) is 0 Å². The summed E-state index contributed by atoms with van der Waals surface area (Å²) in [4.78, 5) is 10.1. The van der Waals surface area contributed by atoms with Crippen molar-refractivity contribution in [2.75, 3.05) is 19.6 Å². The summed E-state index contributed by atoms with van der Waals surface area (Å²) in [5, 5.41) is 2.47. The Bertz CT molecular complexity index is 4140. The van der Waals surface area contributed by atoms with Gasteiger partial charge in [0.2, 0.25) is 0 Å². The van der Waals surface area contributed by atoms with Crippen LogP contribution >= 0.6 is 0 Å². The monoisotopic (exact) mass is 1010 g/mol. The van der Waals surface area contributed by atoms with Crippen molar-refractivity contribution >= 4 is 136 Å². The fourth-order valence-electron chi connectivity index (χ4n) is 13.9. The molecule has 5 heterocycles. The molecular formula is C72H55B2N5. The van der Waals surface area contributed by atoms with Gasteiger partial charge in [0.15, 0.2) is 0 Å². The van der Waals surface area contributed by atoms with Crippen molar-refractivity contribution in [3.63, 3.8) is 0 Å². The minimum Gasteiger partial charge on any atom is -0.311 e. The first-order valence-corrected chi connectivity index (χ1v) is 28.0. The van der Waals surface area contributed by atoms with Crippen LogP contribution in [0, 0.1) is 0 Å². The Morgan fingerprint density at radius 1 is 0.266 bits per heavy atom. The summed E-state index contributed by atoms with van der Waals surface area (Å²) in [7, 11) is 0. The van der Waals surface area contributed by atoms with Crippen molar-refractivity contribution in [1.29, 1.82) is 0 Å². The van der Waals surface area contributed by atoms with Crippen LogP contribution in [0.2, 0.25) is 0 Å². The van der Waals surface area contributed by atoms with Crippen LogP contribution in [0.1, 0.15) is 50.7 Å². The molecule has 0 amide bonds. The van der Waals surface area contributed by atoms with Crippen molar-refractivity contribution in [2.24, 2.45) is 0 Å². The maximum atomic E-state index is 2.59. The third-order valence-corrected chi connectivity index (χ3v) is 17.5. The molecule has 0 N–H and O–H groups in total. The van der Waals surface area contributed by atoms with Crippen molar-refractivity contribution in [3.05, 3.63) is 260 Å². The Morgan fingerprint density at radius 2 is 0.582 bits per heavy atom. The number of aromatic nitrogens is 1. The largest absolute Gasteiger partial charge is 0.311 e. The number of benzene rings is 11. The van der Waals surface area contributed by atoms with Crippen LogP contribution in [0.4, 0.5) is 68.2 Å². The summed E-state index contributed by atoms with van der Waals surface area (Å²) < 4.78 is 2.54. The first-order chi connectivity index (χ1) is 38.9. The first-order valence-electron chi connectivity index (χ1n) is 28.0. The van der Waals surface area contributed by atoms with E-state index in [-0.39, 0.29) is 13.4 Å². The topological polar surface area (TPSA) is 17.9 Å². The second-order valence-corrected chi connectivity index (χ2v) is 22.4. The molecule has 4 aliphatic rings. The van der Waals surface area contributed by atoms with E-state index in [0.717, 1.165) is 28.4 Å². The molecule has 0 radical (unpaired) electrons. The Kier molecular flexibility index (Phi) is 10.1. The number of nitrogens with zero attached hydrogens (tertiary/aromatic N) is 5. The van der Waals surface area contributed by atoms with Crippen molar-refractivity contribution < 1.29 is 0 Å². The molecule has 16 rings (SSSR count). The van der Waals surface area contributed by atoms with Crippen molar-refractivity contribution in [2.45, 2.75) is 39.5 Å². The summed E-state index contributed by atoms with van der Waals surface area (Å²) in [5.41, 5.74) is 28.2. The Balaban J connectivity index is 1.02. The van der Waals surface area contributed by atoms with E-state index in [0.29, 0.717) is 11.8 Å². The summed E-state index contributed by atoms with van der Waals surface area (Å²) in [5.74, 6) is 0.832. The standard InChI is InChI=1S/C72H55B2N5/c1-46(2)48-34-38-53(39-35-48)77-65-32-18-30-63-71(65)73(57-26-14-16-28-61(57)75(63)50-20-8-5-9-21-50)59-42-55-56-43-60-70(45-68(56)79(67(55)44-69(59)77)52-24-12-7-13-25-52)78(54-40-36-49(37-41-54)47(3)4)66-33-19-31-64-72(66)74(60)58-27-15-17-29-62(58)76(64)51-22-10-6-11-23-51/h5-47H,1-4H3. The fourth-order valence-corrected chi connectivity index (χ4v) is 13.9. The highest BCUT2D eigenvalue weighted by Crippen LogP contribution is 2.49. The van der Waals surface area contributed by atoms with Gasteiger partial charge in [-0.25, -0.2) is 0 Å². The van der Waals surface area contributed by atoms with Gasteiger partial charge in [-0.3, -0.25) is 0 Å². The second-order valence-electron chi connectivity index (χ2n) is 22.4. The zero-order valence-electron chi connectivity index (χ0n) is 44.7. The molecule has 4 aliphatic heterocycles. The molecule has 1 aromatic heterocycles. The summed E-state index contributed by atoms with van der Waals surface area (Å²) in [6.45, 7) is 9.05. The maximum Gasteiger partial charge on any atom is 0.252 e. The zero-order chi connectivity index (χ0) is 52.6. The lowest BCUT2D eigenvalue weighted by molar-refractivity contribution is 0.866. The lowest BCUT2D eigenvalue weighted by Crippen LogP contribution is -2.61. The highest BCUT2D eigenvalue weighted by Gasteiger charge is 2.46. The van der Waals surface area contributed by atoms with E-state index >= 15 is 0 Å². The molecule has 5 nitrogen and oxygen atoms in total. The quantitative estimate of drug-likeness (QED) is 0.148. The lowest BCUT2D eigenvalue weighted by Gasteiger charge is -2.44. The van der Waals surface area contributed by atoms with Crippen molar-refractivity contribution in [3.8, 4) is 5.69 Å². The van der Waals surface area contributed by atoms with Gasteiger partial charge in [0.1, 0.15) is 0 Å². The van der Waals surface area contributed by atoms with Gasteiger partial charge in [0, 0.05) is 84.7 Å². The van der Waals surface area contributed by atoms with Crippen LogP contribution in [0.25, 0.3) is 27.5 Å². The molecule has 0 aliphatic carbocycles. The van der Waals surface area contributed by atoms with Crippen LogP contribution in [-0.2, 0) is 0 Å². The molecule has 0 atom stereocenters. The predicted molar refractivity (Wildman–Crippen MR) is 337 cm³/mol. The average Bonchev–Trinajstić information content (AvgIpc) is 3.65. The molecule has 0 fully saturated rings. The maximum absolute atomic E-state index is 2.59. The Labute approximate surface area is 463 Å². The molecular weight excluding hydrogens is 956 g/mol. The first kappa shape index (κ1) is 45.7. The summed E-state index contributed by atoms with van der Waals surface area (Å²) in [6.07, 6.45) is 0. The number of anilines is 12. The Morgan fingerprint density at radius 3 is 0.962 bits per heavy atom. The molecule has 374 valence electrons. The van der Waals surface area contributed by atoms with Crippen LogP contribution in [0.15, 0.2) is 249 Å². The summed E-state index contributed by atoms with van der Waals surface area (Å²) in [6, 6.07) is 93.8. The van der Waals surface area contributed by atoms with Crippen LogP contribution in [0.3, 0.4) is 0 Å². The van der Waals surface area contributed by atoms with Gasteiger partial charge in [-0.05, 0) is 165 Å². The molecule has 12 aromatic rings. The number of hydrogen-bond donors (Lipinski definition) is 0. The van der Waals surface area contributed by atoms with Gasteiger partial charge < -0.3 is 24.2 Å². The normalized spacial score (nSPS) is 13.6. The van der Waals surface area contributed by atoms with E-state index < -0.39 is 0 Å². The third kappa shape index (κ3) is 6.72. The highest BCUT2D eigenvalue weighted by atomic mass is 15.2. The van der Waals surface area contributed by atoms with E-state index in [1.807, 2.05) is 0 Å². The van der Waals surface area contributed by atoms with Crippen LogP contribution in [0.5, 0.6) is 0 Å². The van der Waals surface area contributed by atoms with Crippen molar-refractivity contribution in [1.82, 2.24) is 4.57 Å². The number of hydrogen-bond acceptors (Lipinski definition) is 4. The summed E-state index contributed by atoms with van der Waals surface area (Å²) >= 11 is 0. The van der Waals surface area contributed by atoms with E-state index in [9.17, 15) is 0 Å². The van der Waals surface area contributed by atoms with E-state index in [1.54, 1.807) is 0 Å². The van der Waals surface area contributed by atoms with Gasteiger partial charge in [-0.1, -0.05) is 167 Å². The number of para-hydroxylation sites is 5. The van der Waals surface area contributed by atoms with Crippen LogP contribution < -0.4 is 52.4 Å². The van der Waals surface area contributed by atoms with Gasteiger partial charge in [0.05, 0.1) is 11.0 Å². The zero-order valence-corrected chi connectivity index (χ0v) is 44.7. The van der Waals surface area contributed by atoms with Gasteiger partial charge >= 0.3 is 0 Å². The van der Waals surface area contributed by atoms with Gasteiger partial charge in [-0.2, -0.15) is 0 Å². The SMILES string of the molecule is CC(C)c1ccc(N2c3cc4c(cc3B3c5ccccc5N(c5ccccc5)c5cccc2c53)c2cc3c(cc2n4-c2ccccc2)N(c2ccc(C(C)C)cc2)c2cccc4c2B3c2ccccc2N4c2ccccc2)cc1. The fraction of sp³-hybridized carbons (Fsp3) is 0.0833. The molecule has 11 aromatic carbocycles. The van der Waals surface area contributed by atoms with E-state index in [1.165, 1.54) is 111 Å². The molecule has 0 saturated carbocycles. The highest BCUT2D eigenvalue weighted by molar-refractivity contribution is 7.01. The van der Waals surface area contributed by atoms with E-state index in [2.05, 4.69) is 301 Å². The molecule has 7 heteroatoms. The molecule has 0 saturated heterocycles. The molecule has 0 spiro atoms. The minimum absolute atomic E-state index is 0.0337. The lowest BCUT2D eigenvalue weighted by atomic mass is 9.33. The third-order valence-electron chi connectivity index (χ3n) is 17.5. The smallest absolute Gasteiger partial charge is 0.252 e. The number of rotatable bonds is 7. The second kappa shape index (κ2) is 17.5. The van der Waals surface area contributed by atoms with Gasteiger partial charge in [0.25, 0.3) is 13.4 Å². The predicted octanol–water partition coefficient (Wildman–Crippen LogP) is 15.2. The molecule has 0 unspecified atom stereocenters. The molecule has 79 heavy (non-hydrogen) atoms. The molecule has 0 bridgehead atoms. The van der Waals surface area contributed by atoms with E-state index in [4.69, 9.17) is 0 Å². The number of fused-ring (bicyclic) bond motifs is 11. The minimum atomic E-state index is -0.0337.